The van der Waals surface area contributed by atoms with Crippen LogP contribution in [0.2, 0.25) is 0 Å². The maximum atomic E-state index is 10.9. The number of fused-ring (bicyclic) bond motifs is 2. The summed E-state index contributed by atoms with van der Waals surface area (Å²) in [6.07, 6.45) is 4.50. The molecular weight excluding hydrogens is 222 g/mol. The minimum absolute atomic E-state index is 0.116. The molecular formula is C8H9NO3S2. The van der Waals surface area contributed by atoms with Crippen molar-refractivity contribution in [3.05, 3.63) is 0 Å². The van der Waals surface area contributed by atoms with E-state index in [9.17, 15) is 8.42 Å². The minimum atomic E-state index is -2.04. The third-order valence-corrected chi connectivity index (χ3v) is 4.98. The summed E-state index contributed by atoms with van der Waals surface area (Å²) in [5.41, 5.74) is 0. The molecule has 0 aliphatic heterocycles. The summed E-state index contributed by atoms with van der Waals surface area (Å²) >= 11 is 1.12. The van der Waals surface area contributed by atoms with Gasteiger partial charge in [0.05, 0.1) is 22.2 Å². The zero-order chi connectivity index (χ0) is 10.1. The van der Waals surface area contributed by atoms with Crippen LogP contribution in [0.1, 0.15) is 19.3 Å². The van der Waals surface area contributed by atoms with Crippen LogP contribution in [-0.2, 0) is 14.5 Å². The van der Waals surface area contributed by atoms with E-state index in [4.69, 9.17) is 5.26 Å². The molecule has 2 unspecified atom stereocenters. The van der Waals surface area contributed by atoms with Gasteiger partial charge in [-0.3, -0.25) is 0 Å². The molecule has 3 rings (SSSR count). The first-order valence-corrected chi connectivity index (χ1v) is 6.31. The topological polar surface area (TPSA) is 67.2 Å². The van der Waals surface area contributed by atoms with Gasteiger partial charge in [-0.2, -0.15) is 8.42 Å². The van der Waals surface area contributed by atoms with Crippen molar-refractivity contribution >= 4 is 27.2 Å². The maximum absolute atomic E-state index is 10.9. The quantitative estimate of drug-likeness (QED) is 0.402. The van der Waals surface area contributed by atoms with E-state index in [0.29, 0.717) is 4.86 Å². The van der Waals surface area contributed by atoms with Gasteiger partial charge in [0.1, 0.15) is 0 Å². The lowest BCUT2D eigenvalue weighted by atomic mass is 9.64. The van der Waals surface area contributed by atoms with Gasteiger partial charge < -0.3 is 4.18 Å². The molecule has 0 heterocycles. The summed E-state index contributed by atoms with van der Waals surface area (Å²) < 4.78 is 26.3. The van der Waals surface area contributed by atoms with Crippen molar-refractivity contribution < 1.29 is 12.6 Å². The van der Waals surface area contributed by atoms with Gasteiger partial charge in [-0.15, -0.1) is 5.26 Å². The average Bonchev–Trinajstić information content (AvgIpc) is 2.18. The average molecular weight is 231 g/mol. The standard InChI is InChI=1S/C8H9NO3S2/c9-4-12-13-7-5-2-1-3-6(7)8(5)14(10)11/h5-7H,1-3H2. The van der Waals surface area contributed by atoms with Gasteiger partial charge in [-0.05, 0) is 12.8 Å². The smallest absolute Gasteiger partial charge is 0.299 e. The molecule has 0 saturated heterocycles. The van der Waals surface area contributed by atoms with E-state index in [-0.39, 0.29) is 17.1 Å². The number of nitriles is 1. The third-order valence-electron chi connectivity index (χ3n) is 2.94. The molecule has 4 nitrogen and oxygen atoms in total. The molecule has 0 aromatic heterocycles. The van der Waals surface area contributed by atoms with E-state index in [1.54, 1.807) is 6.26 Å². The number of rotatable bonds is 2. The summed E-state index contributed by atoms with van der Waals surface area (Å²) in [6.45, 7) is 0. The Kier molecular flexibility index (Phi) is 2.70. The second kappa shape index (κ2) is 3.83. The van der Waals surface area contributed by atoms with Gasteiger partial charge in [0, 0.05) is 11.8 Å². The van der Waals surface area contributed by atoms with Gasteiger partial charge in [-0.1, -0.05) is 6.42 Å². The van der Waals surface area contributed by atoms with Crippen LogP contribution in [0.5, 0.6) is 0 Å². The van der Waals surface area contributed by atoms with E-state index in [1.165, 1.54) is 0 Å². The molecule has 2 bridgehead atoms. The molecule has 3 fully saturated rings. The van der Waals surface area contributed by atoms with Gasteiger partial charge >= 0.3 is 0 Å². The molecule has 0 N–H and O–H groups in total. The maximum Gasteiger partial charge on any atom is 0.299 e. The van der Waals surface area contributed by atoms with Crippen LogP contribution >= 0.6 is 12.0 Å². The monoisotopic (exact) mass is 231 g/mol. The summed E-state index contributed by atoms with van der Waals surface area (Å²) in [7, 11) is -2.04. The molecule has 0 amide bonds. The molecule has 3 aliphatic carbocycles. The molecule has 0 aromatic rings. The second-order valence-corrected chi connectivity index (χ2v) is 5.36. The van der Waals surface area contributed by atoms with Crippen molar-refractivity contribution in [3.8, 4) is 6.26 Å². The summed E-state index contributed by atoms with van der Waals surface area (Å²) in [5, 5.41) is 8.43. The van der Waals surface area contributed by atoms with Gasteiger partial charge in [0.25, 0.3) is 6.26 Å². The summed E-state index contributed by atoms with van der Waals surface area (Å²) in [6, 6.07) is 0. The molecule has 3 aliphatic rings. The summed E-state index contributed by atoms with van der Waals surface area (Å²) in [4.78, 5) is 0.648. The van der Waals surface area contributed by atoms with Crippen molar-refractivity contribution in [2.24, 2.45) is 11.8 Å². The second-order valence-electron chi connectivity index (χ2n) is 3.52. The van der Waals surface area contributed by atoms with Crippen molar-refractivity contribution in [2.75, 3.05) is 0 Å². The molecule has 76 valence electrons. The lowest BCUT2D eigenvalue weighted by Crippen LogP contribution is -2.53. The largest absolute Gasteiger partial charge is 0.352 e. The fourth-order valence-electron chi connectivity index (χ4n) is 2.39. The zero-order valence-corrected chi connectivity index (χ0v) is 8.97. The van der Waals surface area contributed by atoms with Gasteiger partial charge in [0.15, 0.2) is 0 Å². The molecule has 14 heavy (non-hydrogen) atoms. The Bertz CT molecular complexity index is 387. The Hall–Kier alpha value is -0.670. The van der Waals surface area contributed by atoms with E-state index in [1.807, 2.05) is 0 Å². The number of nitrogens with zero attached hydrogens (tertiary/aromatic N) is 1. The van der Waals surface area contributed by atoms with E-state index in [2.05, 4.69) is 4.18 Å². The number of hydrogen-bond acceptors (Lipinski definition) is 5. The molecule has 0 aromatic carbocycles. The Labute approximate surface area is 88.0 Å². The zero-order valence-electron chi connectivity index (χ0n) is 7.34. The van der Waals surface area contributed by atoms with Crippen LogP contribution in [0, 0.1) is 23.4 Å². The van der Waals surface area contributed by atoms with Crippen molar-refractivity contribution in [3.63, 3.8) is 0 Å². The number of hydrogen-bond donors (Lipinski definition) is 0. The van der Waals surface area contributed by atoms with Crippen LogP contribution in [-0.4, -0.2) is 18.5 Å². The van der Waals surface area contributed by atoms with E-state index >= 15 is 0 Å². The van der Waals surface area contributed by atoms with Crippen LogP contribution < -0.4 is 0 Å². The first kappa shape index (κ1) is 9.87. The highest BCUT2D eigenvalue weighted by atomic mass is 32.2. The normalized spacial score (nSPS) is 34.2. The Morgan fingerprint density at radius 3 is 2.57 bits per heavy atom. The Balaban J connectivity index is 2.14. The predicted molar refractivity (Wildman–Crippen MR) is 52.8 cm³/mol. The van der Waals surface area contributed by atoms with Crippen LogP contribution in [0.25, 0.3) is 0 Å². The fraction of sp³-hybridized carbons (Fsp3) is 0.750. The van der Waals surface area contributed by atoms with Crippen molar-refractivity contribution in [1.29, 1.82) is 5.26 Å². The van der Waals surface area contributed by atoms with E-state index < -0.39 is 10.3 Å². The highest BCUT2D eigenvalue weighted by Gasteiger charge is 2.52. The van der Waals surface area contributed by atoms with Crippen molar-refractivity contribution in [2.45, 2.75) is 24.5 Å². The Morgan fingerprint density at radius 2 is 2.07 bits per heavy atom. The lowest BCUT2D eigenvalue weighted by Gasteiger charge is -2.47. The SMILES string of the molecule is N#COSC1C2CCCC1C2=S(=O)=O. The van der Waals surface area contributed by atoms with Crippen LogP contribution in [0.4, 0.5) is 0 Å². The van der Waals surface area contributed by atoms with Gasteiger partial charge in [0.2, 0.25) is 10.3 Å². The minimum Gasteiger partial charge on any atom is -0.352 e. The molecule has 0 spiro atoms. The highest BCUT2D eigenvalue weighted by Crippen LogP contribution is 2.49. The molecule has 0 radical (unpaired) electrons. The fourth-order valence-corrected chi connectivity index (χ4v) is 4.57. The third kappa shape index (κ3) is 1.41. The van der Waals surface area contributed by atoms with Gasteiger partial charge in [-0.25, -0.2) is 0 Å². The highest BCUT2D eigenvalue weighted by molar-refractivity contribution is 7.95. The summed E-state index contributed by atoms with van der Waals surface area (Å²) in [5.74, 6) is 0.232. The first-order chi connectivity index (χ1) is 6.75. The molecule has 3 saturated carbocycles. The van der Waals surface area contributed by atoms with Crippen molar-refractivity contribution in [1.82, 2.24) is 0 Å². The predicted octanol–water partition coefficient (Wildman–Crippen LogP) is 0.982. The van der Waals surface area contributed by atoms with Crippen LogP contribution in [0.3, 0.4) is 0 Å². The first-order valence-electron chi connectivity index (χ1n) is 4.43. The van der Waals surface area contributed by atoms with E-state index in [0.717, 1.165) is 31.3 Å². The lowest BCUT2D eigenvalue weighted by molar-refractivity contribution is 0.315. The molecule has 6 heteroatoms. The Morgan fingerprint density at radius 1 is 1.43 bits per heavy atom. The van der Waals surface area contributed by atoms with Crippen LogP contribution in [0.15, 0.2) is 0 Å². The molecule has 2 atom stereocenters.